The van der Waals surface area contributed by atoms with E-state index in [2.05, 4.69) is 11.9 Å². The van der Waals surface area contributed by atoms with E-state index in [0.29, 0.717) is 5.69 Å². The van der Waals surface area contributed by atoms with Gasteiger partial charge in [-0.1, -0.05) is 6.58 Å². The van der Waals surface area contributed by atoms with Crippen molar-refractivity contribution >= 4 is 23.3 Å². The van der Waals surface area contributed by atoms with Crippen molar-refractivity contribution in [3.05, 3.63) is 36.4 Å². The van der Waals surface area contributed by atoms with Crippen molar-refractivity contribution < 1.29 is 23.1 Å². The Morgan fingerprint density at radius 3 is 2.68 bits per heavy atom. The van der Waals surface area contributed by atoms with Crippen LogP contribution in [0.5, 0.6) is 0 Å². The van der Waals surface area contributed by atoms with Gasteiger partial charge in [0.05, 0.1) is 30.9 Å². The summed E-state index contributed by atoms with van der Waals surface area (Å²) in [5.74, 6) is -3.80. The number of nitrogens with one attached hydrogen (secondary N) is 1. The summed E-state index contributed by atoms with van der Waals surface area (Å²) in [6, 6.07) is 4.47. The van der Waals surface area contributed by atoms with Gasteiger partial charge < -0.3 is 15.0 Å². The van der Waals surface area contributed by atoms with Crippen LogP contribution in [-0.4, -0.2) is 37.5 Å². The zero-order valence-electron chi connectivity index (χ0n) is 12.1. The van der Waals surface area contributed by atoms with E-state index in [1.807, 2.05) is 0 Å². The molecule has 0 aliphatic carbocycles. The van der Waals surface area contributed by atoms with E-state index in [1.54, 1.807) is 13.0 Å². The number of amides is 1. The molecule has 1 aromatic rings. The maximum Gasteiger partial charge on any atom is 0.340 e. The molecule has 1 aromatic carbocycles. The van der Waals surface area contributed by atoms with Gasteiger partial charge in [-0.15, -0.1) is 0 Å². The lowest BCUT2D eigenvalue weighted by atomic mass is 10.1. The second-order valence-corrected chi connectivity index (χ2v) is 4.86. The van der Waals surface area contributed by atoms with Crippen molar-refractivity contribution in [3.8, 4) is 0 Å². The zero-order chi connectivity index (χ0) is 16.3. The van der Waals surface area contributed by atoms with E-state index in [9.17, 15) is 18.4 Å². The van der Waals surface area contributed by atoms with E-state index in [4.69, 9.17) is 4.74 Å². The van der Waals surface area contributed by atoms with E-state index in [-0.39, 0.29) is 30.9 Å². The lowest BCUT2D eigenvalue weighted by Gasteiger charge is -2.40. The molecule has 1 N–H and O–H groups in total. The molecule has 0 atom stereocenters. The quantitative estimate of drug-likeness (QED) is 0.670. The SMILES string of the molecule is C=CC(=O)Nc1cc(N2CC(F)(F)C2)ccc1C(=O)OCC. The molecule has 1 aliphatic heterocycles. The number of benzene rings is 1. The summed E-state index contributed by atoms with van der Waals surface area (Å²) in [5, 5.41) is 2.49. The molecule has 0 radical (unpaired) electrons. The third kappa shape index (κ3) is 3.41. The molecule has 5 nitrogen and oxygen atoms in total. The molecular formula is C15H16F2N2O3. The van der Waals surface area contributed by atoms with Crippen LogP contribution >= 0.6 is 0 Å². The molecule has 1 aliphatic rings. The van der Waals surface area contributed by atoms with Crippen molar-refractivity contribution in [1.82, 2.24) is 0 Å². The van der Waals surface area contributed by atoms with Crippen molar-refractivity contribution in [2.45, 2.75) is 12.8 Å². The number of hydrogen-bond donors (Lipinski definition) is 1. The third-order valence-electron chi connectivity index (χ3n) is 3.15. The number of nitrogens with zero attached hydrogens (tertiary/aromatic N) is 1. The summed E-state index contributed by atoms with van der Waals surface area (Å²) in [5.41, 5.74) is 0.863. The lowest BCUT2D eigenvalue weighted by molar-refractivity contribution is -0.111. The molecular weight excluding hydrogens is 294 g/mol. The zero-order valence-corrected chi connectivity index (χ0v) is 12.1. The first-order chi connectivity index (χ1) is 10.4. The number of alkyl halides is 2. The van der Waals surface area contributed by atoms with Crippen molar-refractivity contribution in [2.24, 2.45) is 0 Å². The Morgan fingerprint density at radius 1 is 1.45 bits per heavy atom. The molecule has 0 unspecified atom stereocenters. The van der Waals surface area contributed by atoms with Gasteiger partial charge in [0, 0.05) is 5.69 Å². The highest BCUT2D eigenvalue weighted by Gasteiger charge is 2.44. The minimum absolute atomic E-state index is 0.160. The summed E-state index contributed by atoms with van der Waals surface area (Å²) in [4.78, 5) is 24.8. The Labute approximate surface area is 126 Å². The van der Waals surface area contributed by atoms with Crippen molar-refractivity contribution in [1.29, 1.82) is 0 Å². The molecule has 1 saturated heterocycles. The molecule has 1 heterocycles. The second-order valence-electron chi connectivity index (χ2n) is 4.86. The number of halogens is 2. The Hall–Kier alpha value is -2.44. The molecule has 0 aromatic heterocycles. The molecule has 2 rings (SSSR count). The fraction of sp³-hybridized carbons (Fsp3) is 0.333. The lowest BCUT2D eigenvalue weighted by Crippen LogP contribution is -2.56. The van der Waals surface area contributed by atoms with Crippen LogP contribution in [-0.2, 0) is 9.53 Å². The number of ether oxygens (including phenoxy) is 1. The number of anilines is 2. The van der Waals surface area contributed by atoms with Gasteiger partial charge in [0.2, 0.25) is 5.91 Å². The van der Waals surface area contributed by atoms with Gasteiger partial charge in [-0.2, -0.15) is 0 Å². The minimum Gasteiger partial charge on any atom is -0.462 e. The highest BCUT2D eigenvalue weighted by molar-refractivity contribution is 6.05. The molecule has 0 saturated carbocycles. The predicted octanol–water partition coefficient (Wildman–Crippen LogP) is 2.44. The summed E-state index contributed by atoms with van der Waals surface area (Å²) < 4.78 is 30.8. The van der Waals surface area contributed by atoms with Gasteiger partial charge in [0.15, 0.2) is 0 Å². The first-order valence-electron chi connectivity index (χ1n) is 6.73. The van der Waals surface area contributed by atoms with Gasteiger partial charge >= 0.3 is 5.97 Å². The van der Waals surface area contributed by atoms with Gasteiger partial charge in [-0.25, -0.2) is 13.6 Å². The molecule has 7 heteroatoms. The Bertz CT molecular complexity index is 609. The fourth-order valence-electron chi connectivity index (χ4n) is 2.10. The number of esters is 1. The van der Waals surface area contributed by atoms with Crippen LogP contribution in [0.4, 0.5) is 20.2 Å². The van der Waals surface area contributed by atoms with E-state index in [0.717, 1.165) is 6.08 Å². The van der Waals surface area contributed by atoms with Gasteiger partial charge in [-0.05, 0) is 31.2 Å². The fourth-order valence-corrected chi connectivity index (χ4v) is 2.10. The van der Waals surface area contributed by atoms with Crippen LogP contribution < -0.4 is 10.2 Å². The molecule has 1 amide bonds. The maximum absolute atomic E-state index is 12.9. The smallest absolute Gasteiger partial charge is 0.340 e. The molecule has 22 heavy (non-hydrogen) atoms. The topological polar surface area (TPSA) is 58.6 Å². The first kappa shape index (κ1) is 15.9. The van der Waals surface area contributed by atoms with Crippen LogP contribution in [0.3, 0.4) is 0 Å². The Morgan fingerprint density at radius 2 is 2.14 bits per heavy atom. The van der Waals surface area contributed by atoms with Gasteiger partial charge in [-0.3, -0.25) is 4.79 Å². The predicted molar refractivity (Wildman–Crippen MR) is 78.4 cm³/mol. The van der Waals surface area contributed by atoms with E-state index >= 15 is 0 Å². The number of carbonyl (C=O) groups excluding carboxylic acids is 2. The number of carbonyl (C=O) groups is 2. The van der Waals surface area contributed by atoms with E-state index in [1.165, 1.54) is 17.0 Å². The Kier molecular flexibility index (Phi) is 4.44. The molecule has 0 bridgehead atoms. The van der Waals surface area contributed by atoms with E-state index < -0.39 is 17.8 Å². The third-order valence-corrected chi connectivity index (χ3v) is 3.15. The number of rotatable bonds is 5. The molecule has 118 valence electrons. The van der Waals surface area contributed by atoms with Crippen LogP contribution in [0.15, 0.2) is 30.9 Å². The van der Waals surface area contributed by atoms with Gasteiger partial charge in [0.25, 0.3) is 5.92 Å². The summed E-state index contributed by atoms with van der Waals surface area (Å²) in [6.45, 7) is 4.41. The highest BCUT2D eigenvalue weighted by Crippen LogP contribution is 2.34. The summed E-state index contributed by atoms with van der Waals surface area (Å²) in [6.07, 6.45) is 1.05. The normalized spacial score (nSPS) is 15.7. The largest absolute Gasteiger partial charge is 0.462 e. The van der Waals surface area contributed by atoms with Crippen LogP contribution in [0.25, 0.3) is 0 Å². The first-order valence-corrected chi connectivity index (χ1v) is 6.73. The molecule has 0 spiro atoms. The number of hydrogen-bond acceptors (Lipinski definition) is 4. The van der Waals surface area contributed by atoms with Crippen molar-refractivity contribution in [3.63, 3.8) is 0 Å². The van der Waals surface area contributed by atoms with Crippen LogP contribution in [0.2, 0.25) is 0 Å². The second kappa shape index (κ2) is 6.13. The van der Waals surface area contributed by atoms with Crippen LogP contribution in [0.1, 0.15) is 17.3 Å². The standard InChI is InChI=1S/C15H16F2N2O3/c1-3-13(20)18-12-7-10(19-8-15(16,17)9-19)5-6-11(12)14(21)22-4-2/h3,5-7H,1,4,8-9H2,2H3,(H,18,20). The van der Waals surface area contributed by atoms with Gasteiger partial charge in [0.1, 0.15) is 0 Å². The van der Waals surface area contributed by atoms with Crippen molar-refractivity contribution in [2.75, 3.05) is 29.9 Å². The monoisotopic (exact) mass is 310 g/mol. The average Bonchev–Trinajstić information content (AvgIpc) is 2.44. The van der Waals surface area contributed by atoms with Crippen LogP contribution in [0, 0.1) is 0 Å². The summed E-state index contributed by atoms with van der Waals surface area (Å²) >= 11 is 0. The average molecular weight is 310 g/mol. The highest BCUT2D eigenvalue weighted by atomic mass is 19.3. The minimum atomic E-state index is -2.70. The Balaban J connectivity index is 2.28. The molecule has 1 fully saturated rings. The summed E-state index contributed by atoms with van der Waals surface area (Å²) in [7, 11) is 0. The maximum atomic E-state index is 12.9.